The van der Waals surface area contributed by atoms with Gasteiger partial charge in [-0.3, -0.25) is 9.88 Å². The molecule has 1 fully saturated rings. The van der Waals surface area contributed by atoms with E-state index in [1.165, 1.54) is 5.56 Å². The van der Waals surface area contributed by atoms with Crippen LogP contribution >= 0.6 is 0 Å². The Labute approximate surface area is 104 Å². The molecule has 2 rings (SSSR count). The van der Waals surface area contributed by atoms with Crippen molar-refractivity contribution in [3.8, 4) is 0 Å². The molecule has 1 aliphatic heterocycles. The van der Waals surface area contributed by atoms with Crippen LogP contribution in [0.4, 0.5) is 0 Å². The Balaban J connectivity index is 1.96. The molecule has 1 aromatic rings. The van der Waals surface area contributed by atoms with Gasteiger partial charge in [0, 0.05) is 45.1 Å². The molecule has 2 unspecified atom stereocenters. The van der Waals surface area contributed by atoms with Gasteiger partial charge in [-0.1, -0.05) is 19.9 Å². The second kappa shape index (κ2) is 5.61. The zero-order valence-corrected chi connectivity index (χ0v) is 11.0. The summed E-state index contributed by atoms with van der Waals surface area (Å²) in [6.45, 7) is 7.71. The van der Waals surface area contributed by atoms with Crippen LogP contribution in [0.15, 0.2) is 24.5 Å². The molecule has 3 nitrogen and oxygen atoms in total. The molecule has 0 radical (unpaired) electrons. The molecule has 2 atom stereocenters. The van der Waals surface area contributed by atoms with Crippen LogP contribution in [-0.4, -0.2) is 36.2 Å². The largest absolute Gasteiger partial charge is 0.380 e. The first-order valence-electron chi connectivity index (χ1n) is 6.34. The molecule has 17 heavy (non-hydrogen) atoms. The molecular weight excluding hydrogens is 212 g/mol. The molecule has 2 heterocycles. The highest BCUT2D eigenvalue weighted by Crippen LogP contribution is 2.27. The highest BCUT2D eigenvalue weighted by Gasteiger charge is 2.34. The van der Waals surface area contributed by atoms with Crippen LogP contribution in [0.1, 0.15) is 19.4 Å². The predicted octanol–water partition coefficient (Wildman–Crippen LogP) is 2.18. The lowest BCUT2D eigenvalue weighted by atomic mass is 9.93. The fourth-order valence-corrected chi connectivity index (χ4v) is 2.65. The van der Waals surface area contributed by atoms with E-state index in [-0.39, 0.29) is 0 Å². The van der Waals surface area contributed by atoms with Crippen molar-refractivity contribution in [3.63, 3.8) is 0 Å². The van der Waals surface area contributed by atoms with Gasteiger partial charge in [0.15, 0.2) is 0 Å². The molecule has 3 heteroatoms. The van der Waals surface area contributed by atoms with Gasteiger partial charge in [-0.15, -0.1) is 0 Å². The third kappa shape index (κ3) is 3.05. The average Bonchev–Trinajstić information content (AvgIpc) is 2.73. The van der Waals surface area contributed by atoms with Crippen molar-refractivity contribution in [2.75, 3.05) is 20.2 Å². The first-order valence-corrected chi connectivity index (χ1v) is 6.34. The number of pyridine rings is 1. The van der Waals surface area contributed by atoms with E-state index in [1.54, 1.807) is 0 Å². The summed E-state index contributed by atoms with van der Waals surface area (Å²) >= 11 is 0. The van der Waals surface area contributed by atoms with Gasteiger partial charge in [0.05, 0.1) is 6.10 Å². The first-order chi connectivity index (χ1) is 8.20. The lowest BCUT2D eigenvalue weighted by Crippen LogP contribution is -2.25. The number of methoxy groups -OCH3 is 1. The quantitative estimate of drug-likeness (QED) is 0.798. The number of hydrogen-bond acceptors (Lipinski definition) is 3. The summed E-state index contributed by atoms with van der Waals surface area (Å²) in [5.74, 6) is 1.33. The van der Waals surface area contributed by atoms with Crippen molar-refractivity contribution in [2.24, 2.45) is 11.8 Å². The molecule has 1 aliphatic rings. The topological polar surface area (TPSA) is 25.4 Å². The van der Waals surface area contributed by atoms with Gasteiger partial charge in [-0.25, -0.2) is 0 Å². The monoisotopic (exact) mass is 234 g/mol. The molecule has 1 aromatic heterocycles. The van der Waals surface area contributed by atoms with Crippen LogP contribution in [0.5, 0.6) is 0 Å². The van der Waals surface area contributed by atoms with Crippen molar-refractivity contribution in [1.29, 1.82) is 0 Å². The van der Waals surface area contributed by atoms with Crippen LogP contribution in [0.3, 0.4) is 0 Å². The van der Waals surface area contributed by atoms with Crippen molar-refractivity contribution < 1.29 is 4.74 Å². The minimum Gasteiger partial charge on any atom is -0.380 e. The van der Waals surface area contributed by atoms with Gasteiger partial charge in [0.25, 0.3) is 0 Å². The fourth-order valence-electron chi connectivity index (χ4n) is 2.65. The Bertz CT molecular complexity index is 339. The Hall–Kier alpha value is -0.930. The maximum absolute atomic E-state index is 5.60. The van der Waals surface area contributed by atoms with Crippen LogP contribution < -0.4 is 0 Å². The van der Waals surface area contributed by atoms with Crippen LogP contribution in [-0.2, 0) is 11.3 Å². The van der Waals surface area contributed by atoms with Crippen molar-refractivity contribution in [3.05, 3.63) is 30.1 Å². The van der Waals surface area contributed by atoms with E-state index in [0.717, 1.165) is 19.6 Å². The standard InChI is InChI=1S/C14H22N2O/c1-11(2)13-9-16(10-14(13)17-3)8-12-5-4-6-15-7-12/h4-7,11,13-14H,8-10H2,1-3H3. The van der Waals surface area contributed by atoms with E-state index >= 15 is 0 Å². The molecule has 0 amide bonds. The summed E-state index contributed by atoms with van der Waals surface area (Å²) in [6, 6.07) is 4.14. The number of aromatic nitrogens is 1. The summed E-state index contributed by atoms with van der Waals surface area (Å²) < 4.78 is 5.60. The van der Waals surface area contributed by atoms with Crippen molar-refractivity contribution in [1.82, 2.24) is 9.88 Å². The van der Waals surface area contributed by atoms with Gasteiger partial charge in [0.1, 0.15) is 0 Å². The number of hydrogen-bond donors (Lipinski definition) is 0. The summed E-state index contributed by atoms with van der Waals surface area (Å²) in [5.41, 5.74) is 1.28. The highest BCUT2D eigenvalue weighted by molar-refractivity contribution is 5.08. The van der Waals surface area contributed by atoms with Gasteiger partial charge in [-0.2, -0.15) is 0 Å². The summed E-state index contributed by atoms with van der Waals surface area (Å²) in [6.07, 6.45) is 4.15. The minimum absolute atomic E-state index is 0.381. The fraction of sp³-hybridized carbons (Fsp3) is 0.643. The zero-order valence-electron chi connectivity index (χ0n) is 11.0. The molecule has 0 aliphatic carbocycles. The highest BCUT2D eigenvalue weighted by atomic mass is 16.5. The molecule has 1 saturated heterocycles. The predicted molar refractivity (Wildman–Crippen MR) is 68.6 cm³/mol. The average molecular weight is 234 g/mol. The molecule has 0 aromatic carbocycles. The normalized spacial score (nSPS) is 25.6. The van der Waals surface area contributed by atoms with E-state index in [0.29, 0.717) is 17.9 Å². The molecular formula is C14H22N2O. The Kier molecular flexibility index (Phi) is 4.13. The summed E-state index contributed by atoms with van der Waals surface area (Å²) in [5, 5.41) is 0. The molecule has 0 bridgehead atoms. The third-order valence-electron chi connectivity index (χ3n) is 3.67. The maximum atomic E-state index is 5.60. The Morgan fingerprint density at radius 3 is 2.82 bits per heavy atom. The first kappa shape index (κ1) is 12.5. The molecule has 0 saturated carbocycles. The maximum Gasteiger partial charge on any atom is 0.0741 e. The molecule has 0 spiro atoms. The van der Waals surface area contributed by atoms with E-state index in [1.807, 2.05) is 25.6 Å². The van der Waals surface area contributed by atoms with Crippen LogP contribution in [0, 0.1) is 11.8 Å². The van der Waals surface area contributed by atoms with Gasteiger partial charge < -0.3 is 4.74 Å². The Morgan fingerprint density at radius 1 is 1.47 bits per heavy atom. The Morgan fingerprint density at radius 2 is 2.29 bits per heavy atom. The summed E-state index contributed by atoms with van der Waals surface area (Å²) in [7, 11) is 1.83. The minimum atomic E-state index is 0.381. The third-order valence-corrected chi connectivity index (χ3v) is 3.67. The number of likely N-dealkylation sites (tertiary alicyclic amines) is 1. The molecule has 0 N–H and O–H groups in total. The zero-order chi connectivity index (χ0) is 12.3. The lowest BCUT2D eigenvalue weighted by molar-refractivity contribution is 0.0636. The second-order valence-electron chi connectivity index (χ2n) is 5.24. The van der Waals surface area contributed by atoms with E-state index in [2.05, 4.69) is 29.8 Å². The number of ether oxygens (including phenoxy) is 1. The second-order valence-corrected chi connectivity index (χ2v) is 5.24. The van der Waals surface area contributed by atoms with Crippen molar-refractivity contribution >= 4 is 0 Å². The van der Waals surface area contributed by atoms with Gasteiger partial charge in [-0.05, 0) is 17.5 Å². The van der Waals surface area contributed by atoms with E-state index in [4.69, 9.17) is 4.74 Å². The van der Waals surface area contributed by atoms with E-state index in [9.17, 15) is 0 Å². The van der Waals surface area contributed by atoms with Crippen LogP contribution in [0.2, 0.25) is 0 Å². The number of rotatable bonds is 4. The van der Waals surface area contributed by atoms with Gasteiger partial charge in [0.2, 0.25) is 0 Å². The smallest absolute Gasteiger partial charge is 0.0741 e. The van der Waals surface area contributed by atoms with Gasteiger partial charge >= 0.3 is 0 Å². The summed E-state index contributed by atoms with van der Waals surface area (Å²) in [4.78, 5) is 6.63. The van der Waals surface area contributed by atoms with Crippen LogP contribution in [0.25, 0.3) is 0 Å². The lowest BCUT2D eigenvalue weighted by Gasteiger charge is -2.20. The van der Waals surface area contributed by atoms with E-state index < -0.39 is 0 Å². The molecule has 94 valence electrons. The SMILES string of the molecule is COC1CN(Cc2cccnc2)CC1C(C)C. The van der Waals surface area contributed by atoms with Crippen molar-refractivity contribution in [2.45, 2.75) is 26.5 Å². The number of nitrogens with zero attached hydrogens (tertiary/aromatic N) is 2.